The summed E-state index contributed by atoms with van der Waals surface area (Å²) in [6, 6.07) is 9.19. The highest BCUT2D eigenvalue weighted by molar-refractivity contribution is 5.89. The summed E-state index contributed by atoms with van der Waals surface area (Å²) in [5.41, 5.74) is 1.43. The van der Waals surface area contributed by atoms with E-state index in [4.69, 9.17) is 4.74 Å². The van der Waals surface area contributed by atoms with Gasteiger partial charge in [0.05, 0.1) is 12.2 Å². The number of ether oxygens (including phenoxy) is 1. The Labute approximate surface area is 148 Å². The molecule has 1 aliphatic heterocycles. The van der Waals surface area contributed by atoms with Crippen LogP contribution in [0.2, 0.25) is 0 Å². The van der Waals surface area contributed by atoms with E-state index in [1.165, 1.54) is 12.8 Å². The summed E-state index contributed by atoms with van der Waals surface area (Å²) in [4.78, 5) is 22.8. The van der Waals surface area contributed by atoms with E-state index in [0.717, 1.165) is 43.3 Å². The second kappa shape index (κ2) is 8.46. The number of nitrogens with one attached hydrogen (secondary N) is 1. The van der Waals surface area contributed by atoms with Crippen LogP contribution in [0.3, 0.4) is 0 Å². The van der Waals surface area contributed by atoms with E-state index in [9.17, 15) is 4.79 Å². The van der Waals surface area contributed by atoms with Crippen molar-refractivity contribution in [2.24, 2.45) is 0 Å². The van der Waals surface area contributed by atoms with E-state index in [0.29, 0.717) is 12.2 Å². The normalized spacial score (nSPS) is 13.7. The predicted octanol–water partition coefficient (Wildman–Crippen LogP) is 3.78. The third kappa shape index (κ3) is 4.68. The standard InChI is InChI=1S/C19H24N4O2/c1-2-3-12-25-19(24)15-6-8-16(9-7-15)22-17-13-18(21-14-20-17)23-10-4-5-11-23/h6-9,13-14H,2-5,10-12H2,1H3,(H,20,21,22). The average Bonchev–Trinajstić information content (AvgIpc) is 3.17. The zero-order chi connectivity index (χ0) is 17.5. The minimum Gasteiger partial charge on any atom is -0.462 e. The molecule has 0 atom stereocenters. The molecule has 1 aliphatic rings. The number of hydrogen-bond acceptors (Lipinski definition) is 6. The topological polar surface area (TPSA) is 67.3 Å². The molecule has 0 amide bonds. The minimum atomic E-state index is -0.279. The number of benzene rings is 1. The third-order valence-corrected chi connectivity index (χ3v) is 4.21. The smallest absolute Gasteiger partial charge is 0.338 e. The second-order valence-electron chi connectivity index (χ2n) is 6.15. The maximum absolute atomic E-state index is 11.9. The van der Waals surface area contributed by atoms with Crippen LogP contribution in [0.5, 0.6) is 0 Å². The Morgan fingerprint density at radius 2 is 1.96 bits per heavy atom. The van der Waals surface area contributed by atoms with E-state index in [1.54, 1.807) is 18.5 Å². The Kier molecular flexibility index (Phi) is 5.82. The van der Waals surface area contributed by atoms with E-state index >= 15 is 0 Å². The second-order valence-corrected chi connectivity index (χ2v) is 6.15. The van der Waals surface area contributed by atoms with Crippen molar-refractivity contribution >= 4 is 23.3 Å². The monoisotopic (exact) mass is 340 g/mol. The van der Waals surface area contributed by atoms with Crippen LogP contribution in [-0.2, 0) is 4.74 Å². The summed E-state index contributed by atoms with van der Waals surface area (Å²) in [6.07, 6.45) is 5.90. The first kappa shape index (κ1) is 17.2. The molecule has 0 aliphatic carbocycles. The predicted molar refractivity (Wildman–Crippen MR) is 98.4 cm³/mol. The van der Waals surface area contributed by atoms with Gasteiger partial charge >= 0.3 is 5.97 Å². The number of nitrogens with zero attached hydrogens (tertiary/aromatic N) is 3. The highest BCUT2D eigenvalue weighted by Gasteiger charge is 2.14. The molecule has 0 bridgehead atoms. The molecule has 25 heavy (non-hydrogen) atoms. The van der Waals surface area contributed by atoms with E-state index < -0.39 is 0 Å². The van der Waals surface area contributed by atoms with Gasteiger partial charge in [0.25, 0.3) is 0 Å². The van der Waals surface area contributed by atoms with Gasteiger partial charge in [-0.05, 0) is 43.5 Å². The van der Waals surface area contributed by atoms with Crippen LogP contribution < -0.4 is 10.2 Å². The molecule has 1 saturated heterocycles. The van der Waals surface area contributed by atoms with Gasteiger partial charge in [0.15, 0.2) is 0 Å². The zero-order valence-electron chi connectivity index (χ0n) is 14.6. The van der Waals surface area contributed by atoms with Gasteiger partial charge in [-0.25, -0.2) is 14.8 Å². The summed E-state index contributed by atoms with van der Waals surface area (Å²) in [6.45, 7) is 4.63. The van der Waals surface area contributed by atoms with Crippen LogP contribution in [0, 0.1) is 0 Å². The highest BCUT2D eigenvalue weighted by Crippen LogP contribution is 2.22. The fraction of sp³-hybridized carbons (Fsp3) is 0.421. The zero-order valence-corrected chi connectivity index (χ0v) is 14.6. The molecule has 132 valence electrons. The fourth-order valence-corrected chi connectivity index (χ4v) is 2.76. The summed E-state index contributed by atoms with van der Waals surface area (Å²) >= 11 is 0. The van der Waals surface area contributed by atoms with Crippen LogP contribution in [0.15, 0.2) is 36.7 Å². The Hall–Kier alpha value is -2.63. The van der Waals surface area contributed by atoms with Crippen molar-refractivity contribution in [3.63, 3.8) is 0 Å². The lowest BCUT2D eigenvalue weighted by molar-refractivity contribution is 0.0500. The van der Waals surface area contributed by atoms with Gasteiger partial charge in [-0.3, -0.25) is 0 Å². The van der Waals surface area contributed by atoms with Gasteiger partial charge in [-0.1, -0.05) is 13.3 Å². The Bertz CT molecular complexity index is 697. The van der Waals surface area contributed by atoms with Crippen LogP contribution in [-0.4, -0.2) is 35.6 Å². The lowest BCUT2D eigenvalue weighted by Gasteiger charge is -2.16. The van der Waals surface area contributed by atoms with Gasteiger partial charge in [-0.2, -0.15) is 0 Å². The largest absolute Gasteiger partial charge is 0.462 e. The van der Waals surface area contributed by atoms with Gasteiger partial charge in [-0.15, -0.1) is 0 Å². The van der Waals surface area contributed by atoms with Crippen molar-refractivity contribution in [1.82, 2.24) is 9.97 Å². The number of carbonyl (C=O) groups is 1. The number of hydrogen-bond donors (Lipinski definition) is 1. The maximum Gasteiger partial charge on any atom is 0.338 e. The van der Waals surface area contributed by atoms with Crippen molar-refractivity contribution in [1.29, 1.82) is 0 Å². The molecule has 2 heterocycles. The molecule has 6 heteroatoms. The summed E-state index contributed by atoms with van der Waals surface area (Å²) in [7, 11) is 0. The highest BCUT2D eigenvalue weighted by atomic mass is 16.5. The van der Waals surface area contributed by atoms with Gasteiger partial charge < -0.3 is 15.0 Å². The third-order valence-electron chi connectivity index (χ3n) is 4.21. The van der Waals surface area contributed by atoms with E-state index in [2.05, 4.69) is 27.1 Å². The number of rotatable bonds is 7. The molecule has 1 aromatic carbocycles. The van der Waals surface area contributed by atoms with Crippen molar-refractivity contribution in [3.8, 4) is 0 Å². The summed E-state index contributed by atoms with van der Waals surface area (Å²) < 4.78 is 5.21. The van der Waals surface area contributed by atoms with Crippen LogP contribution in [0.4, 0.5) is 17.3 Å². The Balaban J connectivity index is 1.61. The SMILES string of the molecule is CCCCOC(=O)c1ccc(Nc2cc(N3CCCC3)ncn2)cc1. The van der Waals surface area contributed by atoms with E-state index in [-0.39, 0.29) is 5.97 Å². The van der Waals surface area contributed by atoms with Crippen molar-refractivity contribution < 1.29 is 9.53 Å². The number of carbonyl (C=O) groups excluding carboxylic acids is 1. The number of anilines is 3. The van der Waals surface area contributed by atoms with Crippen molar-refractivity contribution in [2.45, 2.75) is 32.6 Å². The Morgan fingerprint density at radius 3 is 2.68 bits per heavy atom. The molecule has 1 fully saturated rings. The van der Waals surface area contributed by atoms with Crippen molar-refractivity contribution in [3.05, 3.63) is 42.2 Å². The lowest BCUT2D eigenvalue weighted by atomic mass is 10.2. The quantitative estimate of drug-likeness (QED) is 0.611. The number of aromatic nitrogens is 2. The number of unbranched alkanes of at least 4 members (excludes halogenated alkanes) is 1. The molecule has 0 spiro atoms. The van der Waals surface area contributed by atoms with Crippen LogP contribution >= 0.6 is 0 Å². The number of esters is 1. The summed E-state index contributed by atoms with van der Waals surface area (Å²) in [5, 5.41) is 3.26. The summed E-state index contributed by atoms with van der Waals surface area (Å²) in [5.74, 6) is 1.42. The van der Waals surface area contributed by atoms with Crippen LogP contribution in [0.25, 0.3) is 0 Å². The molecule has 1 N–H and O–H groups in total. The van der Waals surface area contributed by atoms with Gasteiger partial charge in [0.2, 0.25) is 0 Å². The first-order valence-electron chi connectivity index (χ1n) is 8.87. The molecule has 0 radical (unpaired) electrons. The molecular weight excluding hydrogens is 316 g/mol. The minimum absolute atomic E-state index is 0.279. The van der Waals surface area contributed by atoms with Crippen molar-refractivity contribution in [2.75, 3.05) is 29.9 Å². The van der Waals surface area contributed by atoms with Gasteiger partial charge in [0.1, 0.15) is 18.0 Å². The molecule has 1 aromatic heterocycles. The fourth-order valence-electron chi connectivity index (χ4n) is 2.76. The first-order valence-corrected chi connectivity index (χ1v) is 8.87. The first-order chi connectivity index (χ1) is 12.3. The maximum atomic E-state index is 11.9. The Morgan fingerprint density at radius 1 is 1.20 bits per heavy atom. The van der Waals surface area contributed by atoms with Crippen LogP contribution in [0.1, 0.15) is 43.0 Å². The lowest BCUT2D eigenvalue weighted by Crippen LogP contribution is -2.19. The molecule has 0 saturated carbocycles. The average molecular weight is 340 g/mol. The van der Waals surface area contributed by atoms with Gasteiger partial charge in [0, 0.05) is 24.8 Å². The molecule has 6 nitrogen and oxygen atoms in total. The molecule has 2 aromatic rings. The molecule has 3 rings (SSSR count). The molecule has 0 unspecified atom stereocenters. The van der Waals surface area contributed by atoms with E-state index in [1.807, 2.05) is 18.2 Å². The molecular formula is C19H24N4O2.